The van der Waals surface area contributed by atoms with E-state index in [0.717, 1.165) is 37.5 Å². The maximum absolute atomic E-state index is 5.57. The molecule has 0 aliphatic carbocycles. The lowest BCUT2D eigenvalue weighted by Gasteiger charge is -2.20. The summed E-state index contributed by atoms with van der Waals surface area (Å²) in [4.78, 5) is 6.72. The highest BCUT2D eigenvalue weighted by Gasteiger charge is 2.07. The Morgan fingerprint density at radius 3 is 2.60 bits per heavy atom. The van der Waals surface area contributed by atoms with E-state index in [0.29, 0.717) is 6.04 Å². The first-order valence-corrected chi connectivity index (χ1v) is 7.56. The first-order chi connectivity index (χ1) is 9.54. The molecule has 1 N–H and O–H groups in total. The molecule has 0 radical (unpaired) electrons. The predicted octanol–water partition coefficient (Wildman–Crippen LogP) is 3.00. The van der Waals surface area contributed by atoms with E-state index in [1.807, 2.05) is 6.20 Å². The van der Waals surface area contributed by atoms with E-state index in [1.54, 1.807) is 0 Å². The van der Waals surface area contributed by atoms with Crippen LogP contribution in [0.25, 0.3) is 0 Å². The highest BCUT2D eigenvalue weighted by atomic mass is 16.5. The van der Waals surface area contributed by atoms with Crippen LogP contribution in [0, 0.1) is 0 Å². The van der Waals surface area contributed by atoms with Crippen molar-refractivity contribution in [1.82, 2.24) is 10.3 Å². The number of pyridine rings is 1. The molecule has 114 valence electrons. The van der Waals surface area contributed by atoms with E-state index in [4.69, 9.17) is 4.74 Å². The standard InChI is InChI=1S/C16H29N3O/c1-6-9-17-14(4)16-8-7-15(12-18-16)19(5)10-11-20-13(2)3/h7-8,12-14,17H,6,9-11H2,1-5H3. The van der Waals surface area contributed by atoms with Crippen LogP contribution in [0.3, 0.4) is 0 Å². The minimum absolute atomic E-state index is 0.286. The molecule has 1 atom stereocenters. The van der Waals surface area contributed by atoms with Crippen molar-refractivity contribution in [3.63, 3.8) is 0 Å². The quantitative estimate of drug-likeness (QED) is 0.754. The summed E-state index contributed by atoms with van der Waals surface area (Å²) in [7, 11) is 2.07. The topological polar surface area (TPSA) is 37.4 Å². The van der Waals surface area contributed by atoms with Crippen LogP contribution in [0.1, 0.15) is 45.9 Å². The number of hydrogen-bond acceptors (Lipinski definition) is 4. The van der Waals surface area contributed by atoms with Crippen LogP contribution in [0.4, 0.5) is 5.69 Å². The van der Waals surface area contributed by atoms with Gasteiger partial charge in [-0.15, -0.1) is 0 Å². The van der Waals surface area contributed by atoms with E-state index in [-0.39, 0.29) is 6.10 Å². The summed E-state index contributed by atoms with van der Waals surface area (Å²) in [6, 6.07) is 4.53. The Morgan fingerprint density at radius 2 is 2.05 bits per heavy atom. The molecule has 1 heterocycles. The third-order valence-corrected chi connectivity index (χ3v) is 3.23. The van der Waals surface area contributed by atoms with Gasteiger partial charge in [0.2, 0.25) is 0 Å². The molecule has 0 bridgehead atoms. The molecule has 0 saturated heterocycles. The Morgan fingerprint density at radius 1 is 1.30 bits per heavy atom. The van der Waals surface area contributed by atoms with Crippen LogP contribution < -0.4 is 10.2 Å². The van der Waals surface area contributed by atoms with Crippen LogP contribution in [0.15, 0.2) is 18.3 Å². The molecule has 4 heteroatoms. The Bertz CT molecular complexity index is 364. The second kappa shape index (κ2) is 8.93. The monoisotopic (exact) mass is 279 g/mol. The zero-order chi connectivity index (χ0) is 15.0. The summed E-state index contributed by atoms with van der Waals surface area (Å²) in [5, 5.41) is 3.45. The lowest BCUT2D eigenvalue weighted by atomic mass is 10.2. The van der Waals surface area contributed by atoms with Crippen molar-refractivity contribution < 1.29 is 4.74 Å². The van der Waals surface area contributed by atoms with Gasteiger partial charge < -0.3 is 15.0 Å². The average molecular weight is 279 g/mol. The van der Waals surface area contributed by atoms with Gasteiger partial charge in [-0.05, 0) is 45.9 Å². The lowest BCUT2D eigenvalue weighted by Crippen LogP contribution is -2.24. The molecule has 0 aromatic carbocycles. The maximum Gasteiger partial charge on any atom is 0.0644 e. The van der Waals surface area contributed by atoms with Crippen molar-refractivity contribution in [3.8, 4) is 0 Å². The molecule has 0 fully saturated rings. The summed E-state index contributed by atoms with van der Waals surface area (Å²) in [6.07, 6.45) is 3.37. The number of nitrogens with one attached hydrogen (secondary N) is 1. The lowest BCUT2D eigenvalue weighted by molar-refractivity contribution is 0.0846. The molecule has 4 nitrogen and oxygen atoms in total. The fraction of sp³-hybridized carbons (Fsp3) is 0.688. The molecule has 0 aliphatic rings. The number of likely N-dealkylation sites (N-methyl/N-ethyl adjacent to an activating group) is 1. The Kier molecular flexibility index (Phi) is 7.55. The SMILES string of the molecule is CCCNC(C)c1ccc(N(C)CCOC(C)C)cn1. The largest absolute Gasteiger partial charge is 0.377 e. The van der Waals surface area contributed by atoms with Gasteiger partial charge in [-0.3, -0.25) is 4.98 Å². The molecule has 20 heavy (non-hydrogen) atoms. The van der Waals surface area contributed by atoms with Crippen LogP contribution >= 0.6 is 0 Å². The summed E-state index contributed by atoms with van der Waals surface area (Å²) in [5.41, 5.74) is 2.22. The van der Waals surface area contributed by atoms with Crippen molar-refractivity contribution in [2.45, 2.75) is 46.3 Å². The summed E-state index contributed by atoms with van der Waals surface area (Å²) < 4.78 is 5.57. The minimum atomic E-state index is 0.286. The molecule has 1 unspecified atom stereocenters. The van der Waals surface area contributed by atoms with Crippen molar-refractivity contribution in [2.24, 2.45) is 0 Å². The third-order valence-electron chi connectivity index (χ3n) is 3.23. The van der Waals surface area contributed by atoms with Gasteiger partial charge >= 0.3 is 0 Å². The van der Waals surface area contributed by atoms with Gasteiger partial charge in [0, 0.05) is 19.6 Å². The van der Waals surface area contributed by atoms with Crippen LogP contribution in [0.5, 0.6) is 0 Å². The van der Waals surface area contributed by atoms with Crippen molar-refractivity contribution in [2.75, 3.05) is 31.6 Å². The van der Waals surface area contributed by atoms with Gasteiger partial charge in [-0.25, -0.2) is 0 Å². The normalized spacial score (nSPS) is 12.7. The second-order valence-electron chi connectivity index (χ2n) is 5.46. The smallest absolute Gasteiger partial charge is 0.0644 e. The molecule has 0 aliphatic heterocycles. The zero-order valence-electron chi connectivity index (χ0n) is 13.5. The van der Waals surface area contributed by atoms with Gasteiger partial charge in [0.1, 0.15) is 0 Å². The molecule has 0 amide bonds. The highest BCUT2D eigenvalue weighted by Crippen LogP contribution is 2.15. The molecule has 1 aromatic rings. The molecule has 1 rings (SSSR count). The van der Waals surface area contributed by atoms with Crippen LogP contribution in [-0.4, -0.2) is 37.8 Å². The van der Waals surface area contributed by atoms with Gasteiger partial charge in [0.05, 0.1) is 30.3 Å². The molecule has 0 saturated carbocycles. The minimum Gasteiger partial charge on any atom is -0.377 e. The molecule has 0 spiro atoms. The summed E-state index contributed by atoms with van der Waals surface area (Å²) >= 11 is 0. The second-order valence-corrected chi connectivity index (χ2v) is 5.46. The number of hydrogen-bond donors (Lipinski definition) is 1. The van der Waals surface area contributed by atoms with Crippen LogP contribution in [0.2, 0.25) is 0 Å². The number of rotatable bonds is 9. The van der Waals surface area contributed by atoms with Gasteiger partial charge in [-0.2, -0.15) is 0 Å². The number of aromatic nitrogens is 1. The Hall–Kier alpha value is -1.13. The van der Waals surface area contributed by atoms with Crippen LogP contribution in [-0.2, 0) is 4.74 Å². The first-order valence-electron chi connectivity index (χ1n) is 7.56. The number of nitrogens with zero attached hydrogens (tertiary/aromatic N) is 2. The molecular formula is C16H29N3O. The van der Waals surface area contributed by atoms with Crippen molar-refractivity contribution >= 4 is 5.69 Å². The Balaban J connectivity index is 2.48. The van der Waals surface area contributed by atoms with E-state index in [1.165, 1.54) is 0 Å². The van der Waals surface area contributed by atoms with Gasteiger partial charge in [-0.1, -0.05) is 6.92 Å². The molecular weight excluding hydrogens is 250 g/mol. The molecule has 1 aromatic heterocycles. The van der Waals surface area contributed by atoms with E-state index in [2.05, 4.69) is 62.1 Å². The van der Waals surface area contributed by atoms with Gasteiger partial charge in [0.25, 0.3) is 0 Å². The van der Waals surface area contributed by atoms with Crippen molar-refractivity contribution in [1.29, 1.82) is 0 Å². The summed E-state index contributed by atoms with van der Waals surface area (Å²) in [5.74, 6) is 0. The highest BCUT2D eigenvalue weighted by molar-refractivity contribution is 5.43. The maximum atomic E-state index is 5.57. The first kappa shape index (κ1) is 16.9. The van der Waals surface area contributed by atoms with E-state index >= 15 is 0 Å². The third kappa shape index (κ3) is 5.88. The van der Waals surface area contributed by atoms with Gasteiger partial charge in [0.15, 0.2) is 0 Å². The fourth-order valence-electron chi connectivity index (χ4n) is 1.90. The number of anilines is 1. The average Bonchev–Trinajstić information content (AvgIpc) is 2.44. The van der Waals surface area contributed by atoms with E-state index in [9.17, 15) is 0 Å². The van der Waals surface area contributed by atoms with Crippen molar-refractivity contribution in [3.05, 3.63) is 24.0 Å². The predicted molar refractivity (Wildman–Crippen MR) is 85.3 cm³/mol. The Labute approximate surface area is 123 Å². The fourth-order valence-corrected chi connectivity index (χ4v) is 1.90. The summed E-state index contributed by atoms with van der Waals surface area (Å²) in [6.45, 7) is 11.1. The number of ether oxygens (including phenoxy) is 1. The van der Waals surface area contributed by atoms with E-state index < -0.39 is 0 Å². The zero-order valence-corrected chi connectivity index (χ0v) is 13.5.